The van der Waals surface area contributed by atoms with E-state index in [1.165, 1.54) is 6.42 Å². The fraction of sp³-hybridized carbons (Fsp3) is 0.462. The van der Waals surface area contributed by atoms with Gasteiger partial charge in [-0.15, -0.1) is 0 Å². The molecule has 1 heterocycles. The zero-order valence-corrected chi connectivity index (χ0v) is 10.4. The van der Waals surface area contributed by atoms with Crippen molar-refractivity contribution < 1.29 is 0 Å². The van der Waals surface area contributed by atoms with Crippen LogP contribution in [0, 0.1) is 16.7 Å². The van der Waals surface area contributed by atoms with Crippen molar-refractivity contribution in [1.29, 1.82) is 5.26 Å². The lowest BCUT2D eigenvalue weighted by Gasteiger charge is -2.22. The number of anilines is 1. The molecular weight excluding hydrogens is 220 g/mol. The largest absolute Gasteiger partial charge is 0.370 e. The minimum atomic E-state index is 0.340. The molecule has 16 heavy (non-hydrogen) atoms. The van der Waals surface area contributed by atoms with Crippen LogP contribution in [0.3, 0.4) is 0 Å². The second-order valence-corrected chi connectivity index (χ2v) is 5.55. The van der Waals surface area contributed by atoms with Crippen molar-refractivity contribution in [2.45, 2.75) is 20.3 Å². The lowest BCUT2D eigenvalue weighted by Crippen LogP contribution is -2.23. The van der Waals surface area contributed by atoms with Crippen LogP contribution in [-0.4, -0.2) is 13.1 Å². The number of halogens is 1. The molecule has 0 amide bonds. The highest BCUT2D eigenvalue weighted by Gasteiger charge is 2.30. The lowest BCUT2D eigenvalue weighted by molar-refractivity contribution is 0.418. The number of benzene rings is 1. The molecule has 0 atom stereocenters. The summed E-state index contributed by atoms with van der Waals surface area (Å²) in [6.45, 7) is 6.54. The highest BCUT2D eigenvalue weighted by molar-refractivity contribution is 6.30. The lowest BCUT2D eigenvalue weighted by atomic mass is 9.93. The van der Waals surface area contributed by atoms with Crippen LogP contribution >= 0.6 is 11.6 Å². The van der Waals surface area contributed by atoms with Gasteiger partial charge in [-0.2, -0.15) is 5.26 Å². The fourth-order valence-electron chi connectivity index (χ4n) is 2.19. The highest BCUT2D eigenvalue weighted by atomic mass is 35.5. The summed E-state index contributed by atoms with van der Waals surface area (Å²) in [7, 11) is 0. The van der Waals surface area contributed by atoms with E-state index in [9.17, 15) is 0 Å². The zero-order valence-electron chi connectivity index (χ0n) is 9.63. The Kier molecular flexibility index (Phi) is 2.82. The summed E-state index contributed by atoms with van der Waals surface area (Å²) in [6.07, 6.45) is 1.17. The first-order valence-electron chi connectivity index (χ1n) is 5.46. The van der Waals surface area contributed by atoms with Crippen LogP contribution in [0.1, 0.15) is 25.8 Å². The van der Waals surface area contributed by atoms with Gasteiger partial charge in [0.1, 0.15) is 6.07 Å². The predicted octanol–water partition coefficient (Wildman–Crippen LogP) is 3.45. The first-order valence-corrected chi connectivity index (χ1v) is 5.84. The van der Waals surface area contributed by atoms with Crippen LogP contribution in [0.15, 0.2) is 18.2 Å². The van der Waals surface area contributed by atoms with Gasteiger partial charge in [0.15, 0.2) is 0 Å². The maximum atomic E-state index is 9.10. The molecule has 0 aromatic heterocycles. The minimum Gasteiger partial charge on any atom is -0.370 e. The molecule has 0 radical (unpaired) electrons. The Labute approximate surface area is 101 Å². The third-order valence-corrected chi connectivity index (χ3v) is 3.33. The number of rotatable bonds is 1. The Morgan fingerprint density at radius 1 is 1.44 bits per heavy atom. The molecule has 1 aromatic carbocycles. The van der Waals surface area contributed by atoms with Gasteiger partial charge in [-0.05, 0) is 30.0 Å². The SMILES string of the molecule is CC1(C)CCN(c2ccc(Cl)cc2C#N)C1. The van der Waals surface area contributed by atoms with Crippen LogP contribution in [-0.2, 0) is 0 Å². The molecule has 1 aliphatic heterocycles. The van der Waals surface area contributed by atoms with E-state index in [0.29, 0.717) is 16.0 Å². The van der Waals surface area contributed by atoms with Gasteiger partial charge in [0.2, 0.25) is 0 Å². The van der Waals surface area contributed by atoms with Crippen molar-refractivity contribution in [3.8, 4) is 6.07 Å². The van der Waals surface area contributed by atoms with Gasteiger partial charge in [0.05, 0.1) is 11.3 Å². The fourth-order valence-corrected chi connectivity index (χ4v) is 2.36. The van der Waals surface area contributed by atoms with Crippen molar-refractivity contribution >= 4 is 17.3 Å². The van der Waals surface area contributed by atoms with Gasteiger partial charge in [-0.3, -0.25) is 0 Å². The van der Waals surface area contributed by atoms with E-state index in [0.717, 1.165) is 18.8 Å². The molecule has 0 saturated carbocycles. The average Bonchev–Trinajstić information content (AvgIpc) is 2.58. The predicted molar refractivity (Wildman–Crippen MR) is 66.8 cm³/mol. The molecule has 0 N–H and O–H groups in total. The molecule has 1 aliphatic rings. The Bertz CT molecular complexity index is 446. The average molecular weight is 235 g/mol. The first kappa shape index (κ1) is 11.3. The molecular formula is C13H15ClN2. The van der Waals surface area contributed by atoms with Crippen LogP contribution < -0.4 is 4.90 Å². The van der Waals surface area contributed by atoms with E-state index in [1.807, 2.05) is 12.1 Å². The Morgan fingerprint density at radius 2 is 2.19 bits per heavy atom. The monoisotopic (exact) mass is 234 g/mol. The van der Waals surface area contributed by atoms with E-state index < -0.39 is 0 Å². The van der Waals surface area contributed by atoms with E-state index in [4.69, 9.17) is 16.9 Å². The summed E-state index contributed by atoms with van der Waals surface area (Å²) < 4.78 is 0. The van der Waals surface area contributed by atoms with E-state index in [1.54, 1.807) is 6.07 Å². The van der Waals surface area contributed by atoms with Crippen molar-refractivity contribution in [2.75, 3.05) is 18.0 Å². The summed E-state index contributed by atoms with van der Waals surface area (Å²) >= 11 is 5.89. The van der Waals surface area contributed by atoms with Crippen LogP contribution in [0.25, 0.3) is 0 Å². The van der Waals surface area contributed by atoms with Crippen molar-refractivity contribution in [2.24, 2.45) is 5.41 Å². The van der Waals surface area contributed by atoms with Crippen molar-refractivity contribution in [1.82, 2.24) is 0 Å². The molecule has 1 fully saturated rings. The molecule has 0 spiro atoms. The highest BCUT2D eigenvalue weighted by Crippen LogP contribution is 2.34. The van der Waals surface area contributed by atoms with Gasteiger partial charge < -0.3 is 4.90 Å². The van der Waals surface area contributed by atoms with Gasteiger partial charge in [0.25, 0.3) is 0 Å². The number of nitriles is 1. The molecule has 0 unspecified atom stereocenters. The number of nitrogens with zero attached hydrogens (tertiary/aromatic N) is 2. The van der Waals surface area contributed by atoms with Gasteiger partial charge in [-0.1, -0.05) is 25.4 Å². The molecule has 84 valence electrons. The van der Waals surface area contributed by atoms with E-state index >= 15 is 0 Å². The molecule has 2 nitrogen and oxygen atoms in total. The first-order chi connectivity index (χ1) is 7.52. The smallest absolute Gasteiger partial charge is 0.101 e. The molecule has 3 heteroatoms. The van der Waals surface area contributed by atoms with Crippen LogP contribution in [0.5, 0.6) is 0 Å². The quantitative estimate of drug-likeness (QED) is 0.744. The van der Waals surface area contributed by atoms with E-state index in [-0.39, 0.29) is 0 Å². The summed E-state index contributed by atoms with van der Waals surface area (Å²) in [6, 6.07) is 7.75. The molecule has 2 rings (SSSR count). The molecule has 1 saturated heterocycles. The summed E-state index contributed by atoms with van der Waals surface area (Å²) in [5.41, 5.74) is 2.02. The van der Waals surface area contributed by atoms with Gasteiger partial charge >= 0.3 is 0 Å². The summed E-state index contributed by atoms with van der Waals surface area (Å²) in [5, 5.41) is 9.72. The van der Waals surface area contributed by atoms with Crippen LogP contribution in [0.4, 0.5) is 5.69 Å². The Morgan fingerprint density at radius 3 is 2.75 bits per heavy atom. The topological polar surface area (TPSA) is 27.0 Å². The maximum Gasteiger partial charge on any atom is 0.101 e. The third kappa shape index (κ3) is 2.15. The zero-order chi connectivity index (χ0) is 11.8. The molecule has 1 aromatic rings. The number of hydrogen-bond acceptors (Lipinski definition) is 2. The molecule has 0 bridgehead atoms. The summed E-state index contributed by atoms with van der Waals surface area (Å²) in [5.74, 6) is 0. The third-order valence-electron chi connectivity index (χ3n) is 3.10. The van der Waals surface area contributed by atoms with Gasteiger partial charge in [-0.25, -0.2) is 0 Å². The standard InChI is InChI=1S/C13H15ClN2/c1-13(2)5-6-16(9-13)12-4-3-11(14)7-10(12)8-15/h3-4,7H,5-6,9H2,1-2H3. The number of hydrogen-bond donors (Lipinski definition) is 0. The van der Waals surface area contributed by atoms with Gasteiger partial charge in [0, 0.05) is 18.1 Å². The van der Waals surface area contributed by atoms with Crippen molar-refractivity contribution in [3.63, 3.8) is 0 Å². The normalized spacial score (nSPS) is 18.5. The second kappa shape index (κ2) is 3.99. The van der Waals surface area contributed by atoms with E-state index in [2.05, 4.69) is 24.8 Å². The second-order valence-electron chi connectivity index (χ2n) is 5.11. The summed E-state index contributed by atoms with van der Waals surface area (Å²) in [4.78, 5) is 2.27. The van der Waals surface area contributed by atoms with Crippen LogP contribution in [0.2, 0.25) is 5.02 Å². The minimum absolute atomic E-state index is 0.340. The molecule has 0 aliphatic carbocycles. The Balaban J connectivity index is 2.32. The maximum absolute atomic E-state index is 9.10. The Hall–Kier alpha value is -1.20. The van der Waals surface area contributed by atoms with Crippen molar-refractivity contribution in [3.05, 3.63) is 28.8 Å².